The fourth-order valence-corrected chi connectivity index (χ4v) is 3.13. The Morgan fingerprint density at radius 2 is 2.23 bits per heavy atom. The van der Waals surface area contributed by atoms with Crippen LogP contribution in [-0.4, -0.2) is 36.3 Å². The van der Waals surface area contributed by atoms with E-state index < -0.39 is 0 Å². The average molecular weight is 395 g/mol. The highest BCUT2D eigenvalue weighted by atomic mass is 35.5. The fourth-order valence-electron chi connectivity index (χ4n) is 2.36. The molecule has 138 valence electrons. The van der Waals surface area contributed by atoms with Crippen LogP contribution in [0, 0.1) is 0 Å². The lowest BCUT2D eigenvalue weighted by Crippen LogP contribution is -2.36. The number of aromatic amines is 1. The molecule has 3 N–H and O–H groups in total. The summed E-state index contributed by atoms with van der Waals surface area (Å²) in [4.78, 5) is 19.1. The van der Waals surface area contributed by atoms with Gasteiger partial charge >= 0.3 is 6.03 Å². The molecule has 1 aromatic carbocycles. The van der Waals surface area contributed by atoms with Gasteiger partial charge in [0, 0.05) is 41.7 Å². The number of urea groups is 1. The Hall–Kier alpha value is -2.29. The lowest BCUT2D eigenvalue weighted by atomic mass is 10.2. The van der Waals surface area contributed by atoms with E-state index in [1.165, 1.54) is 11.3 Å². The van der Waals surface area contributed by atoms with Crippen LogP contribution in [0.4, 0.5) is 4.79 Å². The lowest BCUT2D eigenvalue weighted by Gasteiger charge is -2.06. The summed E-state index contributed by atoms with van der Waals surface area (Å²) < 4.78 is 10.6. The van der Waals surface area contributed by atoms with Gasteiger partial charge in [0.05, 0.1) is 29.4 Å². The molecular weight excluding hydrogens is 376 g/mol. The van der Waals surface area contributed by atoms with E-state index in [4.69, 9.17) is 21.1 Å². The van der Waals surface area contributed by atoms with Gasteiger partial charge in [0.1, 0.15) is 12.4 Å². The van der Waals surface area contributed by atoms with Gasteiger partial charge in [-0.05, 0) is 12.1 Å². The van der Waals surface area contributed by atoms with E-state index in [-0.39, 0.29) is 6.03 Å². The number of aromatic nitrogens is 2. The highest BCUT2D eigenvalue weighted by Crippen LogP contribution is 2.31. The molecule has 26 heavy (non-hydrogen) atoms. The SMILES string of the molecule is COCCNC(=O)NCc1cc2cc(Cl)c(OCc3cscn3)cc2[nH]1. The Balaban J connectivity index is 1.62. The van der Waals surface area contributed by atoms with Crippen molar-refractivity contribution in [2.75, 3.05) is 20.3 Å². The number of hydrogen-bond donors (Lipinski definition) is 3. The topological polar surface area (TPSA) is 88.3 Å². The van der Waals surface area contributed by atoms with Gasteiger partial charge in [-0.1, -0.05) is 11.6 Å². The summed E-state index contributed by atoms with van der Waals surface area (Å²) in [7, 11) is 1.59. The molecule has 3 rings (SSSR count). The number of thiazole rings is 1. The van der Waals surface area contributed by atoms with Gasteiger partial charge in [-0.2, -0.15) is 0 Å². The van der Waals surface area contributed by atoms with Crippen LogP contribution in [0.2, 0.25) is 5.02 Å². The van der Waals surface area contributed by atoms with Crippen molar-refractivity contribution in [3.63, 3.8) is 0 Å². The molecule has 2 heterocycles. The summed E-state index contributed by atoms with van der Waals surface area (Å²) in [5, 5.41) is 8.90. The van der Waals surface area contributed by atoms with Crippen molar-refractivity contribution in [1.29, 1.82) is 0 Å². The van der Waals surface area contributed by atoms with Crippen molar-refractivity contribution in [1.82, 2.24) is 20.6 Å². The van der Waals surface area contributed by atoms with Crippen LogP contribution in [-0.2, 0) is 17.9 Å². The number of nitrogens with zero attached hydrogens (tertiary/aromatic N) is 1. The molecule has 7 nitrogen and oxygen atoms in total. The number of rotatable bonds is 8. The molecule has 0 saturated carbocycles. The van der Waals surface area contributed by atoms with Crippen LogP contribution in [0.3, 0.4) is 0 Å². The van der Waals surface area contributed by atoms with E-state index in [0.717, 1.165) is 22.3 Å². The largest absolute Gasteiger partial charge is 0.486 e. The van der Waals surface area contributed by atoms with Crippen LogP contribution < -0.4 is 15.4 Å². The van der Waals surface area contributed by atoms with Gasteiger partial charge in [-0.3, -0.25) is 0 Å². The normalized spacial score (nSPS) is 10.8. The minimum Gasteiger partial charge on any atom is -0.486 e. The molecule has 0 aliphatic carbocycles. The molecule has 9 heteroatoms. The van der Waals surface area contributed by atoms with Crippen molar-refractivity contribution in [2.24, 2.45) is 0 Å². The third-order valence-electron chi connectivity index (χ3n) is 3.62. The maximum Gasteiger partial charge on any atom is 0.315 e. The first-order valence-electron chi connectivity index (χ1n) is 7.97. The number of ether oxygens (including phenoxy) is 2. The zero-order chi connectivity index (χ0) is 18.4. The smallest absolute Gasteiger partial charge is 0.315 e. The van der Waals surface area contributed by atoms with Gasteiger partial charge in [0.2, 0.25) is 0 Å². The molecule has 3 aromatic rings. The zero-order valence-corrected chi connectivity index (χ0v) is 15.7. The number of hydrogen-bond acceptors (Lipinski definition) is 5. The van der Waals surface area contributed by atoms with E-state index in [9.17, 15) is 4.79 Å². The van der Waals surface area contributed by atoms with E-state index in [1.54, 1.807) is 12.6 Å². The maximum atomic E-state index is 11.7. The molecule has 0 aliphatic rings. The Bertz CT molecular complexity index is 866. The summed E-state index contributed by atoms with van der Waals surface area (Å²) in [5.74, 6) is 0.589. The highest BCUT2D eigenvalue weighted by molar-refractivity contribution is 7.07. The number of amides is 2. The Kier molecular flexibility index (Phi) is 6.32. The Morgan fingerprint density at radius 3 is 3.00 bits per heavy atom. The average Bonchev–Trinajstić information content (AvgIpc) is 3.27. The molecule has 0 fully saturated rings. The molecule has 0 spiro atoms. The number of fused-ring (bicyclic) bond motifs is 1. The standard InChI is InChI=1S/C17H19ClN4O3S/c1-24-3-2-19-17(23)20-7-12-4-11-5-14(18)16(6-15(11)22-12)25-8-13-9-26-10-21-13/h4-6,9-10,22H,2-3,7-8H2,1H3,(H2,19,20,23). The summed E-state index contributed by atoms with van der Waals surface area (Å²) in [6.07, 6.45) is 0. The predicted octanol–water partition coefficient (Wildman–Crippen LogP) is 3.30. The molecule has 0 aliphatic heterocycles. The van der Waals surface area contributed by atoms with E-state index in [1.807, 2.05) is 23.6 Å². The van der Waals surface area contributed by atoms with E-state index in [0.29, 0.717) is 37.1 Å². The van der Waals surface area contributed by atoms with Crippen molar-refractivity contribution < 1.29 is 14.3 Å². The molecule has 0 atom stereocenters. The van der Waals surface area contributed by atoms with Crippen molar-refractivity contribution in [3.8, 4) is 5.75 Å². The Labute approximate surface area is 159 Å². The Morgan fingerprint density at radius 1 is 1.35 bits per heavy atom. The quantitative estimate of drug-likeness (QED) is 0.511. The van der Waals surface area contributed by atoms with Gasteiger partial charge in [-0.25, -0.2) is 9.78 Å². The molecule has 0 bridgehead atoms. The highest BCUT2D eigenvalue weighted by Gasteiger charge is 2.09. The first-order valence-corrected chi connectivity index (χ1v) is 9.29. The second-order valence-electron chi connectivity index (χ2n) is 5.54. The van der Waals surface area contributed by atoms with Crippen molar-refractivity contribution in [3.05, 3.63) is 45.5 Å². The number of halogens is 1. The van der Waals surface area contributed by atoms with E-state index >= 15 is 0 Å². The van der Waals surface area contributed by atoms with Crippen molar-refractivity contribution >= 4 is 39.9 Å². The first kappa shape index (κ1) is 18.5. The molecule has 0 radical (unpaired) electrons. The van der Waals surface area contributed by atoms with Crippen LogP contribution in [0.25, 0.3) is 10.9 Å². The molecule has 0 unspecified atom stereocenters. The number of H-pyrrole nitrogens is 1. The van der Waals surface area contributed by atoms with Crippen LogP contribution >= 0.6 is 22.9 Å². The van der Waals surface area contributed by atoms with Gasteiger partial charge in [-0.15, -0.1) is 11.3 Å². The minimum atomic E-state index is -0.244. The predicted molar refractivity (Wildman–Crippen MR) is 102 cm³/mol. The fraction of sp³-hybridized carbons (Fsp3) is 0.294. The number of nitrogens with one attached hydrogen (secondary N) is 3. The second-order valence-corrected chi connectivity index (χ2v) is 6.66. The molecular formula is C17H19ClN4O3S. The van der Waals surface area contributed by atoms with E-state index in [2.05, 4.69) is 20.6 Å². The molecule has 0 saturated heterocycles. The first-order chi connectivity index (χ1) is 12.7. The number of benzene rings is 1. The van der Waals surface area contributed by atoms with Gasteiger partial charge in [0.15, 0.2) is 0 Å². The summed E-state index contributed by atoms with van der Waals surface area (Å²) in [6, 6.07) is 5.39. The van der Waals surface area contributed by atoms with Crippen LogP contribution in [0.15, 0.2) is 29.1 Å². The molecule has 2 aromatic heterocycles. The minimum absolute atomic E-state index is 0.244. The third kappa shape index (κ3) is 4.87. The van der Waals surface area contributed by atoms with Gasteiger partial charge < -0.3 is 25.1 Å². The zero-order valence-electron chi connectivity index (χ0n) is 14.2. The summed E-state index contributed by atoms with van der Waals surface area (Å²) >= 11 is 7.82. The van der Waals surface area contributed by atoms with Crippen molar-refractivity contribution in [2.45, 2.75) is 13.2 Å². The maximum absolute atomic E-state index is 11.7. The lowest BCUT2D eigenvalue weighted by molar-refractivity contribution is 0.196. The number of methoxy groups -OCH3 is 1. The summed E-state index contributed by atoms with van der Waals surface area (Å²) in [6.45, 7) is 1.68. The third-order valence-corrected chi connectivity index (χ3v) is 4.55. The van der Waals surface area contributed by atoms with Gasteiger partial charge in [0.25, 0.3) is 0 Å². The molecule has 2 amide bonds. The number of carbonyl (C=O) groups is 1. The summed E-state index contributed by atoms with van der Waals surface area (Å²) in [5.41, 5.74) is 4.38. The van der Waals surface area contributed by atoms with Crippen LogP contribution in [0.1, 0.15) is 11.4 Å². The monoisotopic (exact) mass is 394 g/mol. The second kappa shape index (κ2) is 8.88. The number of carbonyl (C=O) groups excluding carboxylic acids is 1. The van der Waals surface area contributed by atoms with Crippen LogP contribution in [0.5, 0.6) is 5.75 Å².